The number of benzene rings is 1. The average Bonchev–Trinajstić information content (AvgIpc) is 3.61. The fourth-order valence-electron chi connectivity index (χ4n) is 15.7. The molecule has 1 aliphatic heterocycles. The highest BCUT2D eigenvalue weighted by molar-refractivity contribution is 7.91. The van der Waals surface area contributed by atoms with E-state index in [9.17, 15) is 18.0 Å². The van der Waals surface area contributed by atoms with E-state index in [0.717, 1.165) is 25.9 Å². The number of nitrogens with zero attached hydrogens (tertiary/aromatic N) is 1. The minimum atomic E-state index is -2.88. The van der Waals surface area contributed by atoms with Crippen LogP contribution >= 0.6 is 0 Å². The first-order valence-corrected chi connectivity index (χ1v) is 25.8. The number of hydrogen-bond acceptors (Lipinski definition) is 8. The Morgan fingerprint density at radius 2 is 1.59 bits per heavy atom. The van der Waals surface area contributed by atoms with Gasteiger partial charge in [-0.1, -0.05) is 77.1 Å². The summed E-state index contributed by atoms with van der Waals surface area (Å²) >= 11 is 0. The van der Waals surface area contributed by atoms with Gasteiger partial charge in [0.05, 0.1) is 23.7 Å². The third kappa shape index (κ3) is 7.54. The minimum Gasteiger partial charge on any atom is -0.465 e. The van der Waals surface area contributed by atoms with Crippen molar-refractivity contribution < 1.29 is 27.5 Å². The van der Waals surface area contributed by atoms with E-state index in [1.165, 1.54) is 68.1 Å². The molecule has 1 saturated heterocycles. The molecule has 61 heavy (non-hydrogen) atoms. The van der Waals surface area contributed by atoms with E-state index in [4.69, 9.17) is 9.47 Å². The molecular weight excluding hydrogens is 781 g/mol. The Hall–Kier alpha value is -2.75. The molecule has 8 rings (SSSR count). The lowest BCUT2D eigenvalue weighted by Gasteiger charge is -2.72. The summed E-state index contributed by atoms with van der Waals surface area (Å²) < 4.78 is 35.7. The Kier molecular flexibility index (Phi) is 12.0. The lowest BCUT2D eigenvalue weighted by Crippen LogP contribution is -2.68. The molecule has 6 aliphatic carbocycles. The Labute approximate surface area is 368 Å². The monoisotopic (exact) mass is 857 g/mol. The smallest absolute Gasteiger partial charge is 0.338 e. The van der Waals surface area contributed by atoms with Gasteiger partial charge in [0.1, 0.15) is 12.0 Å². The number of esters is 2. The van der Waals surface area contributed by atoms with E-state index < -0.39 is 21.2 Å². The van der Waals surface area contributed by atoms with Crippen molar-refractivity contribution in [2.24, 2.45) is 56.7 Å². The van der Waals surface area contributed by atoms with Crippen LogP contribution in [0.4, 0.5) is 0 Å². The van der Waals surface area contributed by atoms with Crippen LogP contribution in [0.1, 0.15) is 136 Å². The highest BCUT2D eigenvalue weighted by Crippen LogP contribution is 2.76. The standard InChI is InChI=1S/C52H76N2O6S/c1-9-59-46(56)51(35-60-45(55)38-13-11-10-12-14-38)24-17-37(18-25-51)40-20-22-48(6)42(47(40,4)5)21-23-50(8)43(48)16-15-41-44-39(36(2)3)19-26-52(44,28-27-49(41,50)7)53-29-30-54-31-33-61(57,58)34-32-54/h10-14,17,20,39,41-44,53H,2,9,15-16,18-19,21-35H2,1,3-8H3/t39-,41+,42-,43+,44+,48-,49+,50+,51+,52-/m0/s1. The van der Waals surface area contributed by atoms with Gasteiger partial charge in [0.25, 0.3) is 0 Å². The van der Waals surface area contributed by atoms with E-state index in [1.54, 1.807) is 12.1 Å². The molecule has 4 saturated carbocycles. The van der Waals surface area contributed by atoms with Crippen molar-refractivity contribution in [1.82, 2.24) is 10.2 Å². The van der Waals surface area contributed by atoms with Gasteiger partial charge in [-0.3, -0.25) is 4.79 Å². The molecule has 5 fully saturated rings. The third-order valence-electron chi connectivity index (χ3n) is 19.1. The van der Waals surface area contributed by atoms with Crippen LogP contribution in [0.15, 0.2) is 65.8 Å². The second-order valence-corrected chi connectivity index (χ2v) is 24.5. The number of hydrogen-bond donors (Lipinski definition) is 1. The first kappa shape index (κ1) is 44.8. The van der Waals surface area contributed by atoms with Crippen LogP contribution in [-0.4, -0.2) is 81.7 Å². The number of carbonyl (C=O) groups is 2. The van der Waals surface area contributed by atoms with Crippen molar-refractivity contribution in [2.45, 2.75) is 131 Å². The zero-order valence-electron chi connectivity index (χ0n) is 38.6. The summed E-state index contributed by atoms with van der Waals surface area (Å²) in [4.78, 5) is 28.9. The van der Waals surface area contributed by atoms with Gasteiger partial charge in [-0.15, -0.1) is 0 Å². The van der Waals surface area contributed by atoms with E-state index >= 15 is 0 Å². The Morgan fingerprint density at radius 1 is 0.852 bits per heavy atom. The summed E-state index contributed by atoms with van der Waals surface area (Å²) in [7, 11) is -2.88. The van der Waals surface area contributed by atoms with E-state index in [0.29, 0.717) is 67.7 Å². The van der Waals surface area contributed by atoms with E-state index in [1.807, 2.05) is 25.1 Å². The van der Waals surface area contributed by atoms with Crippen molar-refractivity contribution in [1.29, 1.82) is 0 Å². The molecule has 1 aromatic carbocycles. The molecule has 8 nitrogen and oxygen atoms in total. The van der Waals surface area contributed by atoms with Gasteiger partial charge in [0.15, 0.2) is 9.84 Å². The van der Waals surface area contributed by atoms with E-state index in [-0.39, 0.29) is 51.3 Å². The zero-order chi connectivity index (χ0) is 43.6. The van der Waals surface area contributed by atoms with Gasteiger partial charge in [-0.25, -0.2) is 13.2 Å². The number of fused-ring (bicyclic) bond motifs is 7. The molecule has 7 aliphatic rings. The quantitative estimate of drug-likeness (QED) is 0.174. The predicted octanol–water partition coefficient (Wildman–Crippen LogP) is 9.77. The Bertz CT molecular complexity index is 2030. The summed E-state index contributed by atoms with van der Waals surface area (Å²) in [6.07, 6.45) is 17.8. The number of nitrogens with one attached hydrogen (secondary N) is 1. The second-order valence-electron chi connectivity index (χ2n) is 22.2. The molecular formula is C52H76N2O6S. The minimum absolute atomic E-state index is 0.0116. The van der Waals surface area contributed by atoms with Gasteiger partial charge < -0.3 is 19.7 Å². The van der Waals surface area contributed by atoms with Crippen LogP contribution < -0.4 is 5.32 Å². The highest BCUT2D eigenvalue weighted by atomic mass is 32.2. The normalized spacial score (nSPS) is 40.2. The molecule has 1 N–H and O–H groups in total. The molecule has 0 amide bonds. The maximum atomic E-state index is 13.6. The first-order valence-electron chi connectivity index (χ1n) is 24.0. The number of ether oxygens (including phenoxy) is 2. The zero-order valence-corrected chi connectivity index (χ0v) is 39.4. The third-order valence-corrected chi connectivity index (χ3v) is 20.8. The summed E-state index contributed by atoms with van der Waals surface area (Å²) in [5.74, 6) is 2.90. The summed E-state index contributed by atoms with van der Waals surface area (Å²) in [5, 5.41) is 4.23. The van der Waals surface area contributed by atoms with Crippen molar-refractivity contribution in [3.8, 4) is 0 Å². The summed E-state index contributed by atoms with van der Waals surface area (Å²) in [6, 6.07) is 9.01. The average molecular weight is 857 g/mol. The number of sulfone groups is 1. The first-order chi connectivity index (χ1) is 28.8. The topological polar surface area (TPSA) is 102 Å². The Balaban J connectivity index is 1.01. The predicted molar refractivity (Wildman–Crippen MR) is 244 cm³/mol. The molecule has 336 valence electrons. The molecule has 9 heteroatoms. The Morgan fingerprint density at radius 3 is 2.26 bits per heavy atom. The molecule has 0 aromatic heterocycles. The van der Waals surface area contributed by atoms with Crippen LogP contribution in [0.2, 0.25) is 0 Å². The fourth-order valence-corrected chi connectivity index (χ4v) is 17.0. The summed E-state index contributed by atoms with van der Waals surface area (Å²) in [6.45, 7) is 25.3. The van der Waals surface area contributed by atoms with Crippen LogP contribution in [-0.2, 0) is 24.1 Å². The van der Waals surface area contributed by atoms with Gasteiger partial charge in [0, 0.05) is 31.7 Å². The van der Waals surface area contributed by atoms with Crippen LogP contribution in [0.3, 0.4) is 0 Å². The SMILES string of the molecule is C=C(C)[C@@H]1CC[C@]2(NCCN3CCS(=O)(=O)CC3)CC[C@]3(C)[C@H](CC[C@@H]4[C@@]5(C)CC=C(C6=CC[C@@](COC(=O)c7ccccc7)(C(=O)OCC)CC6)C(C)(C)[C@@H]5CC[C@]43C)[C@@H]12. The maximum Gasteiger partial charge on any atom is 0.338 e. The number of allylic oxidation sites excluding steroid dienone is 5. The van der Waals surface area contributed by atoms with E-state index in [2.05, 4.69) is 70.5 Å². The molecule has 0 radical (unpaired) electrons. The van der Waals surface area contributed by atoms with Gasteiger partial charge in [0.2, 0.25) is 0 Å². The molecule has 1 heterocycles. The van der Waals surface area contributed by atoms with Gasteiger partial charge >= 0.3 is 11.9 Å². The van der Waals surface area contributed by atoms with Gasteiger partial charge in [-0.2, -0.15) is 0 Å². The molecule has 10 atom stereocenters. The fraction of sp³-hybridized carbons (Fsp3) is 0.731. The van der Waals surface area contributed by atoms with Crippen LogP contribution in [0.5, 0.6) is 0 Å². The lowest BCUT2D eigenvalue weighted by atomic mass is 9.33. The number of carbonyl (C=O) groups excluding carboxylic acids is 2. The maximum absolute atomic E-state index is 13.6. The van der Waals surface area contributed by atoms with Crippen molar-refractivity contribution in [2.75, 3.05) is 50.9 Å². The van der Waals surface area contributed by atoms with Crippen LogP contribution in [0.25, 0.3) is 0 Å². The number of rotatable bonds is 11. The molecule has 0 spiro atoms. The van der Waals surface area contributed by atoms with Crippen molar-refractivity contribution in [3.63, 3.8) is 0 Å². The highest BCUT2D eigenvalue weighted by Gasteiger charge is 2.70. The van der Waals surface area contributed by atoms with Gasteiger partial charge in [-0.05, 0) is 165 Å². The van der Waals surface area contributed by atoms with Crippen molar-refractivity contribution in [3.05, 3.63) is 71.3 Å². The second kappa shape index (κ2) is 16.4. The lowest BCUT2D eigenvalue weighted by molar-refractivity contribution is -0.221. The van der Waals surface area contributed by atoms with Crippen LogP contribution in [0, 0.1) is 56.7 Å². The molecule has 0 unspecified atom stereocenters. The summed E-state index contributed by atoms with van der Waals surface area (Å²) in [5.41, 5.74) is 4.60. The molecule has 1 aromatic rings. The molecule has 0 bridgehead atoms. The van der Waals surface area contributed by atoms with Crippen molar-refractivity contribution >= 4 is 21.8 Å². The largest absolute Gasteiger partial charge is 0.465 e.